The van der Waals surface area contributed by atoms with Crippen molar-refractivity contribution in [2.45, 2.75) is 26.8 Å². The normalized spacial score (nSPS) is 10.9. The van der Waals surface area contributed by atoms with Crippen molar-refractivity contribution in [3.63, 3.8) is 0 Å². The zero-order valence-corrected chi connectivity index (χ0v) is 8.49. The van der Waals surface area contributed by atoms with Crippen LogP contribution in [0.3, 0.4) is 0 Å². The van der Waals surface area contributed by atoms with E-state index in [9.17, 15) is 5.11 Å². The van der Waals surface area contributed by atoms with Gasteiger partial charge < -0.3 is 5.11 Å². The Balaban J connectivity index is 3.03. The molecule has 0 saturated carbocycles. The molecule has 0 aliphatic rings. The average molecular weight is 196 g/mol. The number of nitrogens with two attached hydrogens (primary N) is 1. The Morgan fingerprint density at radius 2 is 2.07 bits per heavy atom. The first kappa shape index (κ1) is 11.0. The average Bonchev–Trinajstić information content (AvgIpc) is 2.10. The van der Waals surface area contributed by atoms with Gasteiger partial charge in [0.2, 0.25) is 0 Å². The lowest BCUT2D eigenvalue weighted by atomic mass is 10.0. The third-order valence-corrected chi connectivity index (χ3v) is 2.16. The summed E-state index contributed by atoms with van der Waals surface area (Å²) in [6.07, 6.45) is 0.760. The van der Waals surface area contributed by atoms with E-state index in [4.69, 9.17) is 11.0 Å². The molecule has 0 aliphatic carbocycles. The highest BCUT2D eigenvalue weighted by atomic mass is 16.5. The van der Waals surface area contributed by atoms with Gasteiger partial charge in [-0.15, -0.1) is 5.17 Å². The summed E-state index contributed by atoms with van der Waals surface area (Å²) >= 11 is 0. The van der Waals surface area contributed by atoms with Crippen molar-refractivity contribution < 1.29 is 10.3 Å². The highest BCUT2D eigenvalue weighted by molar-refractivity contribution is 5.42. The topological polar surface area (TPSA) is 69.7 Å². The van der Waals surface area contributed by atoms with Crippen molar-refractivity contribution >= 4 is 0 Å². The molecule has 0 bridgehead atoms. The van der Waals surface area contributed by atoms with Gasteiger partial charge in [0.1, 0.15) is 5.75 Å². The molecule has 78 valence electrons. The number of hydroxylamine groups is 1. The summed E-state index contributed by atoms with van der Waals surface area (Å²) in [6, 6.07) is 3.66. The van der Waals surface area contributed by atoms with Crippen LogP contribution in [0, 0.1) is 6.92 Å². The first-order valence-electron chi connectivity index (χ1n) is 4.57. The van der Waals surface area contributed by atoms with Crippen LogP contribution in [-0.4, -0.2) is 15.5 Å². The van der Waals surface area contributed by atoms with Gasteiger partial charge in [0.25, 0.3) is 0 Å². The van der Waals surface area contributed by atoms with Crippen LogP contribution < -0.4 is 5.84 Å². The van der Waals surface area contributed by atoms with E-state index in [0.29, 0.717) is 10.9 Å². The molecular weight excluding hydrogens is 180 g/mol. The van der Waals surface area contributed by atoms with Gasteiger partial charge in [0.05, 0.1) is 6.54 Å². The summed E-state index contributed by atoms with van der Waals surface area (Å²) in [5, 5.41) is 19.2. The van der Waals surface area contributed by atoms with Crippen LogP contribution in [0.25, 0.3) is 0 Å². The van der Waals surface area contributed by atoms with Crippen LogP contribution in [0.1, 0.15) is 23.6 Å². The number of aryl methyl sites for hydroxylation is 2. The first-order chi connectivity index (χ1) is 6.54. The smallest absolute Gasteiger partial charge is 0.121 e. The van der Waals surface area contributed by atoms with E-state index in [1.807, 2.05) is 26.0 Å². The van der Waals surface area contributed by atoms with Gasteiger partial charge >= 0.3 is 0 Å². The molecule has 0 amide bonds. The van der Waals surface area contributed by atoms with E-state index in [2.05, 4.69) is 0 Å². The van der Waals surface area contributed by atoms with Gasteiger partial charge in [-0.25, -0.2) is 5.84 Å². The van der Waals surface area contributed by atoms with Crippen LogP contribution in [0.4, 0.5) is 0 Å². The molecule has 0 unspecified atom stereocenters. The molecule has 0 fully saturated rings. The second-order valence-corrected chi connectivity index (χ2v) is 3.37. The van der Waals surface area contributed by atoms with Crippen LogP contribution >= 0.6 is 0 Å². The zero-order chi connectivity index (χ0) is 10.7. The minimum Gasteiger partial charge on any atom is -0.507 e. The van der Waals surface area contributed by atoms with Crippen LogP contribution in [0.15, 0.2) is 12.1 Å². The molecule has 1 aromatic carbocycles. The molecule has 1 rings (SSSR count). The number of aromatic hydroxyl groups is 1. The summed E-state index contributed by atoms with van der Waals surface area (Å²) in [7, 11) is 0. The Hall–Kier alpha value is -1.10. The molecule has 1 aromatic rings. The Labute approximate surface area is 83.5 Å². The third kappa shape index (κ3) is 2.45. The monoisotopic (exact) mass is 196 g/mol. The largest absolute Gasteiger partial charge is 0.507 e. The van der Waals surface area contributed by atoms with Crippen molar-refractivity contribution in [2.24, 2.45) is 5.84 Å². The number of phenols is 1. The molecule has 0 spiro atoms. The van der Waals surface area contributed by atoms with Crippen LogP contribution in [-0.2, 0) is 13.0 Å². The summed E-state index contributed by atoms with van der Waals surface area (Å²) in [5.74, 6) is 5.46. The molecule has 0 radical (unpaired) electrons. The maximum atomic E-state index is 9.65. The Bertz CT molecular complexity index is 324. The summed E-state index contributed by atoms with van der Waals surface area (Å²) in [4.78, 5) is 0. The Morgan fingerprint density at radius 3 is 2.57 bits per heavy atom. The number of nitrogens with zero attached hydrogens (tertiary/aromatic N) is 1. The molecular formula is C10H16N2O2. The molecule has 0 aliphatic heterocycles. The number of phenolic OH excluding ortho intramolecular Hbond substituents is 1. The highest BCUT2D eigenvalue weighted by Crippen LogP contribution is 2.24. The molecule has 4 N–H and O–H groups in total. The fraction of sp³-hybridized carbons (Fsp3) is 0.400. The third-order valence-electron chi connectivity index (χ3n) is 2.16. The predicted octanol–water partition coefficient (Wildman–Crippen LogP) is 1.33. The number of hydrogen-bond donors (Lipinski definition) is 3. The Morgan fingerprint density at radius 1 is 1.43 bits per heavy atom. The van der Waals surface area contributed by atoms with Crippen molar-refractivity contribution in [1.82, 2.24) is 5.17 Å². The Kier molecular flexibility index (Phi) is 3.46. The molecule has 14 heavy (non-hydrogen) atoms. The summed E-state index contributed by atoms with van der Waals surface area (Å²) in [6.45, 7) is 4.06. The van der Waals surface area contributed by atoms with E-state index in [-0.39, 0.29) is 6.54 Å². The number of hydrogen-bond acceptors (Lipinski definition) is 4. The lowest BCUT2D eigenvalue weighted by Gasteiger charge is -2.12. The standard InChI is InChI=1S/C10H16N2O2/c1-3-9-5-8(6-12(11)14)4-7(2)10(9)13/h4-5,13-14H,3,6,11H2,1-2H3. The molecule has 0 atom stereocenters. The van der Waals surface area contributed by atoms with Gasteiger partial charge in [-0.1, -0.05) is 19.1 Å². The number of hydrazine groups is 1. The summed E-state index contributed by atoms with van der Waals surface area (Å²) < 4.78 is 0. The minimum atomic E-state index is 0.258. The maximum absolute atomic E-state index is 9.65. The lowest BCUT2D eigenvalue weighted by Crippen LogP contribution is -2.25. The van der Waals surface area contributed by atoms with E-state index >= 15 is 0 Å². The fourth-order valence-corrected chi connectivity index (χ4v) is 1.48. The lowest BCUT2D eigenvalue weighted by molar-refractivity contribution is -0.102. The zero-order valence-electron chi connectivity index (χ0n) is 8.49. The van der Waals surface area contributed by atoms with Gasteiger partial charge in [-0.05, 0) is 30.0 Å². The van der Waals surface area contributed by atoms with E-state index in [0.717, 1.165) is 23.1 Å². The van der Waals surface area contributed by atoms with Gasteiger partial charge in [-0.2, -0.15) is 0 Å². The fourth-order valence-electron chi connectivity index (χ4n) is 1.48. The SMILES string of the molecule is CCc1cc(CN(N)O)cc(C)c1O. The van der Waals surface area contributed by atoms with Crippen LogP contribution in [0.2, 0.25) is 0 Å². The second kappa shape index (κ2) is 4.41. The van der Waals surface area contributed by atoms with Crippen molar-refractivity contribution in [2.75, 3.05) is 0 Å². The molecule has 0 saturated heterocycles. The summed E-state index contributed by atoms with van der Waals surface area (Å²) in [5.41, 5.74) is 2.57. The van der Waals surface area contributed by atoms with E-state index in [1.165, 1.54) is 0 Å². The minimum absolute atomic E-state index is 0.258. The second-order valence-electron chi connectivity index (χ2n) is 3.37. The number of benzene rings is 1. The van der Waals surface area contributed by atoms with Gasteiger partial charge in [0.15, 0.2) is 0 Å². The van der Waals surface area contributed by atoms with E-state index < -0.39 is 0 Å². The van der Waals surface area contributed by atoms with E-state index in [1.54, 1.807) is 0 Å². The quantitative estimate of drug-likeness (QED) is 0.504. The van der Waals surface area contributed by atoms with Crippen molar-refractivity contribution in [1.29, 1.82) is 0 Å². The van der Waals surface area contributed by atoms with Crippen molar-refractivity contribution in [3.8, 4) is 5.75 Å². The van der Waals surface area contributed by atoms with Crippen molar-refractivity contribution in [3.05, 3.63) is 28.8 Å². The number of rotatable bonds is 3. The highest BCUT2D eigenvalue weighted by Gasteiger charge is 2.06. The first-order valence-corrected chi connectivity index (χ1v) is 4.57. The van der Waals surface area contributed by atoms with Crippen LogP contribution in [0.5, 0.6) is 5.75 Å². The molecule has 4 heteroatoms. The molecule has 4 nitrogen and oxygen atoms in total. The van der Waals surface area contributed by atoms with Gasteiger partial charge in [0, 0.05) is 0 Å². The predicted molar refractivity (Wildman–Crippen MR) is 53.7 cm³/mol. The molecule has 0 heterocycles. The molecule has 0 aromatic heterocycles. The maximum Gasteiger partial charge on any atom is 0.121 e. The van der Waals surface area contributed by atoms with Gasteiger partial charge in [-0.3, -0.25) is 5.21 Å².